The normalized spacial score (nSPS) is 23.3. The fourth-order valence-corrected chi connectivity index (χ4v) is 8.78. The van der Waals surface area contributed by atoms with Crippen molar-refractivity contribution in [2.75, 3.05) is 19.6 Å². The molecule has 0 spiro atoms. The Bertz CT molecular complexity index is 1540. The molecule has 3 atom stereocenters. The Morgan fingerprint density at radius 3 is 2.39 bits per heavy atom. The molecule has 3 saturated heterocycles. The maximum absolute atomic E-state index is 14.6. The van der Waals surface area contributed by atoms with Gasteiger partial charge in [-0.15, -0.1) is 0 Å². The van der Waals surface area contributed by atoms with Crippen LogP contribution in [0.15, 0.2) is 48.5 Å². The van der Waals surface area contributed by atoms with E-state index in [0.717, 1.165) is 55.6 Å². The summed E-state index contributed by atoms with van der Waals surface area (Å²) >= 11 is 0. The Morgan fingerprint density at radius 2 is 1.72 bits per heavy atom. The first-order valence-electron chi connectivity index (χ1n) is 17.5. The number of imidazole rings is 1. The van der Waals surface area contributed by atoms with Crippen molar-refractivity contribution in [1.82, 2.24) is 24.7 Å². The first-order chi connectivity index (χ1) is 22.0. The molecule has 1 N–H and O–H groups in total. The SMILES string of the molecule is Cc1nc2ccccc2n1C1C[C@H]2CC[C@@H](C1)N2CCC1(c2cccc(F)c2)CCN(C(=O)C(C)(C)CCC(=O)NC(C)C)CC1. The molecule has 3 fully saturated rings. The van der Waals surface area contributed by atoms with E-state index in [-0.39, 0.29) is 29.1 Å². The fraction of sp³-hybridized carbons (Fsp3) is 0.605. The fourth-order valence-electron chi connectivity index (χ4n) is 8.78. The van der Waals surface area contributed by atoms with Gasteiger partial charge in [0.1, 0.15) is 11.6 Å². The summed E-state index contributed by atoms with van der Waals surface area (Å²) in [5.41, 5.74) is 2.60. The van der Waals surface area contributed by atoms with Gasteiger partial charge in [-0.2, -0.15) is 0 Å². The Morgan fingerprint density at radius 1 is 1.02 bits per heavy atom. The molecule has 6 rings (SSSR count). The number of carbonyl (C=O) groups is 2. The molecule has 1 unspecified atom stereocenters. The number of carbonyl (C=O) groups excluding carboxylic acids is 2. The topological polar surface area (TPSA) is 70.5 Å². The highest BCUT2D eigenvalue weighted by molar-refractivity contribution is 5.83. The molecule has 2 aromatic carbocycles. The third-order valence-electron chi connectivity index (χ3n) is 11.3. The van der Waals surface area contributed by atoms with Gasteiger partial charge in [0.2, 0.25) is 11.8 Å². The van der Waals surface area contributed by atoms with Gasteiger partial charge in [0.15, 0.2) is 0 Å². The van der Waals surface area contributed by atoms with Crippen LogP contribution in [0.5, 0.6) is 0 Å². The van der Waals surface area contributed by atoms with Crippen LogP contribution in [-0.4, -0.2) is 68.9 Å². The zero-order chi connectivity index (χ0) is 32.6. The molecule has 0 radical (unpaired) electrons. The number of piperidine rings is 2. The minimum absolute atomic E-state index is 0.00819. The third kappa shape index (κ3) is 6.60. The Balaban J connectivity index is 1.13. The van der Waals surface area contributed by atoms with Gasteiger partial charge in [-0.3, -0.25) is 14.5 Å². The molecule has 2 amide bonds. The quantitative estimate of drug-likeness (QED) is 0.264. The summed E-state index contributed by atoms with van der Waals surface area (Å²) in [6, 6.07) is 17.3. The summed E-state index contributed by atoms with van der Waals surface area (Å²) in [7, 11) is 0. The first-order valence-corrected chi connectivity index (χ1v) is 17.5. The molecule has 0 saturated carbocycles. The highest BCUT2D eigenvalue weighted by atomic mass is 19.1. The molecule has 4 heterocycles. The van der Waals surface area contributed by atoms with Crippen molar-refractivity contribution < 1.29 is 14.0 Å². The summed E-state index contributed by atoms with van der Waals surface area (Å²) in [6.07, 6.45) is 8.18. The Labute approximate surface area is 273 Å². The second-order valence-corrected chi connectivity index (χ2v) is 15.2. The number of hydrogen-bond acceptors (Lipinski definition) is 4. The van der Waals surface area contributed by atoms with E-state index in [2.05, 4.69) is 52.0 Å². The Kier molecular flexibility index (Phi) is 9.30. The molecule has 3 aromatic rings. The number of rotatable bonds is 10. The predicted molar refractivity (Wildman–Crippen MR) is 181 cm³/mol. The zero-order valence-corrected chi connectivity index (χ0v) is 28.4. The van der Waals surface area contributed by atoms with Crippen LogP contribution in [0.25, 0.3) is 11.0 Å². The van der Waals surface area contributed by atoms with Crippen LogP contribution in [0, 0.1) is 18.2 Å². The highest BCUT2D eigenvalue weighted by Gasteiger charge is 2.45. The van der Waals surface area contributed by atoms with Crippen LogP contribution >= 0.6 is 0 Å². The smallest absolute Gasteiger partial charge is 0.228 e. The van der Waals surface area contributed by atoms with Gasteiger partial charge < -0.3 is 14.8 Å². The van der Waals surface area contributed by atoms with Crippen LogP contribution in [0.1, 0.15) is 103 Å². The lowest BCUT2D eigenvalue weighted by atomic mass is 9.69. The van der Waals surface area contributed by atoms with Crippen LogP contribution in [-0.2, 0) is 15.0 Å². The van der Waals surface area contributed by atoms with Crippen molar-refractivity contribution in [2.45, 2.75) is 122 Å². The van der Waals surface area contributed by atoms with E-state index in [9.17, 15) is 14.0 Å². The predicted octanol–water partition coefficient (Wildman–Crippen LogP) is 6.93. The highest BCUT2D eigenvalue weighted by Crippen LogP contribution is 2.45. The van der Waals surface area contributed by atoms with Crippen molar-refractivity contribution in [3.05, 3.63) is 65.7 Å². The molecule has 7 nitrogen and oxygen atoms in total. The van der Waals surface area contributed by atoms with Gasteiger partial charge in [-0.25, -0.2) is 9.37 Å². The number of nitrogens with one attached hydrogen (secondary N) is 1. The van der Waals surface area contributed by atoms with E-state index < -0.39 is 5.41 Å². The summed E-state index contributed by atoms with van der Waals surface area (Å²) in [6.45, 7) is 12.2. The molecule has 248 valence electrons. The number of hydrogen-bond donors (Lipinski definition) is 1. The minimum Gasteiger partial charge on any atom is -0.354 e. The molecule has 0 aliphatic carbocycles. The summed E-state index contributed by atoms with van der Waals surface area (Å²) in [5, 5.41) is 2.94. The molecular weight excluding hydrogens is 577 g/mol. The van der Waals surface area contributed by atoms with Crippen molar-refractivity contribution in [1.29, 1.82) is 0 Å². The summed E-state index contributed by atoms with van der Waals surface area (Å²) in [5.74, 6) is 1.01. The number of nitrogens with zero attached hydrogens (tertiary/aromatic N) is 4. The van der Waals surface area contributed by atoms with Crippen molar-refractivity contribution in [3.8, 4) is 0 Å². The van der Waals surface area contributed by atoms with Crippen molar-refractivity contribution in [2.24, 2.45) is 5.41 Å². The van der Waals surface area contributed by atoms with Crippen LogP contribution in [0.4, 0.5) is 4.39 Å². The molecular formula is C38H52FN5O2. The van der Waals surface area contributed by atoms with E-state index in [4.69, 9.17) is 4.98 Å². The number of benzene rings is 2. The average Bonchev–Trinajstić information content (AvgIpc) is 3.48. The molecule has 3 aliphatic rings. The molecule has 46 heavy (non-hydrogen) atoms. The lowest BCUT2D eigenvalue weighted by Gasteiger charge is -2.46. The van der Waals surface area contributed by atoms with E-state index in [1.165, 1.54) is 24.4 Å². The average molecular weight is 630 g/mol. The number of aromatic nitrogens is 2. The number of amides is 2. The second-order valence-electron chi connectivity index (χ2n) is 15.2. The Hall–Kier alpha value is -3.26. The van der Waals surface area contributed by atoms with E-state index in [0.29, 0.717) is 44.1 Å². The summed E-state index contributed by atoms with van der Waals surface area (Å²) in [4.78, 5) is 35.6. The first kappa shape index (κ1) is 32.7. The lowest BCUT2D eigenvalue weighted by molar-refractivity contribution is -0.142. The second kappa shape index (κ2) is 13.1. The van der Waals surface area contributed by atoms with Gasteiger partial charge in [0, 0.05) is 49.1 Å². The molecule has 1 aromatic heterocycles. The van der Waals surface area contributed by atoms with Crippen LogP contribution in [0.3, 0.4) is 0 Å². The molecule has 2 bridgehead atoms. The van der Waals surface area contributed by atoms with Crippen molar-refractivity contribution in [3.63, 3.8) is 0 Å². The van der Waals surface area contributed by atoms with Gasteiger partial charge in [-0.1, -0.05) is 38.1 Å². The molecule has 8 heteroatoms. The van der Waals surface area contributed by atoms with E-state index >= 15 is 0 Å². The molecule has 3 aliphatic heterocycles. The van der Waals surface area contributed by atoms with E-state index in [1.54, 1.807) is 6.07 Å². The lowest BCUT2D eigenvalue weighted by Crippen LogP contribution is -2.51. The van der Waals surface area contributed by atoms with Gasteiger partial charge in [-0.05, 0) is 114 Å². The number of aryl methyl sites for hydroxylation is 1. The third-order valence-corrected chi connectivity index (χ3v) is 11.3. The maximum atomic E-state index is 14.6. The van der Waals surface area contributed by atoms with Crippen LogP contribution < -0.4 is 5.32 Å². The largest absolute Gasteiger partial charge is 0.354 e. The number of fused-ring (bicyclic) bond motifs is 3. The number of halogens is 1. The minimum atomic E-state index is -0.615. The summed E-state index contributed by atoms with van der Waals surface area (Å²) < 4.78 is 17.1. The van der Waals surface area contributed by atoms with Crippen LogP contribution in [0.2, 0.25) is 0 Å². The standard InChI is InChI=1S/C38H52FN5O2/c1-26(2)40-35(45)15-16-37(4,5)36(46)42-20-17-38(18-21-42,28-9-8-10-29(39)23-28)19-22-43-30-13-14-31(43)25-32(24-30)44-27(3)41-33-11-6-7-12-34(33)44/h6-12,23,26,30-32H,13-22,24-25H2,1-5H3,(H,40,45)/t30-,31+,32?. The van der Waals surface area contributed by atoms with Gasteiger partial charge in [0.05, 0.1) is 11.0 Å². The van der Waals surface area contributed by atoms with Gasteiger partial charge >= 0.3 is 0 Å². The monoisotopic (exact) mass is 629 g/mol. The number of para-hydroxylation sites is 2. The van der Waals surface area contributed by atoms with Crippen molar-refractivity contribution >= 4 is 22.8 Å². The zero-order valence-electron chi connectivity index (χ0n) is 28.4. The van der Waals surface area contributed by atoms with E-state index in [1.807, 2.05) is 38.7 Å². The van der Waals surface area contributed by atoms with Gasteiger partial charge in [0.25, 0.3) is 0 Å². The number of likely N-dealkylation sites (tertiary alicyclic amines) is 1. The maximum Gasteiger partial charge on any atom is 0.228 e.